The molecule has 5 heteroatoms. The van der Waals surface area contributed by atoms with Crippen LogP contribution < -0.4 is 5.32 Å². The second-order valence-corrected chi connectivity index (χ2v) is 6.15. The van der Waals surface area contributed by atoms with Crippen LogP contribution in [0.25, 0.3) is 0 Å². The SMILES string of the molecule is CCCC1CC(NC(=O)C(C)C)CN(CCC(=O)O)C1. The van der Waals surface area contributed by atoms with Gasteiger partial charge in [0.15, 0.2) is 0 Å². The Morgan fingerprint density at radius 2 is 2.05 bits per heavy atom. The van der Waals surface area contributed by atoms with Gasteiger partial charge in [0.2, 0.25) is 5.91 Å². The van der Waals surface area contributed by atoms with Gasteiger partial charge < -0.3 is 15.3 Å². The van der Waals surface area contributed by atoms with Crippen molar-refractivity contribution in [1.82, 2.24) is 10.2 Å². The lowest BCUT2D eigenvalue weighted by molar-refractivity contribution is -0.137. The minimum atomic E-state index is -0.759. The minimum absolute atomic E-state index is 0.00554. The summed E-state index contributed by atoms with van der Waals surface area (Å²) in [5.74, 6) is -0.121. The van der Waals surface area contributed by atoms with Crippen LogP contribution in [0, 0.1) is 11.8 Å². The topological polar surface area (TPSA) is 69.6 Å². The minimum Gasteiger partial charge on any atom is -0.481 e. The number of hydrogen-bond acceptors (Lipinski definition) is 3. The Balaban J connectivity index is 2.55. The third-order valence-electron chi connectivity index (χ3n) is 3.82. The van der Waals surface area contributed by atoms with Crippen LogP contribution in [-0.4, -0.2) is 47.6 Å². The molecule has 5 nitrogen and oxygen atoms in total. The van der Waals surface area contributed by atoms with Gasteiger partial charge in [-0.2, -0.15) is 0 Å². The maximum Gasteiger partial charge on any atom is 0.304 e. The fourth-order valence-corrected chi connectivity index (χ4v) is 2.83. The second-order valence-electron chi connectivity index (χ2n) is 6.15. The quantitative estimate of drug-likeness (QED) is 0.747. The molecular formula is C15H28N2O3. The van der Waals surface area contributed by atoms with E-state index < -0.39 is 5.97 Å². The highest BCUT2D eigenvalue weighted by Gasteiger charge is 2.28. The Morgan fingerprint density at radius 3 is 2.60 bits per heavy atom. The maximum absolute atomic E-state index is 11.8. The molecule has 2 unspecified atom stereocenters. The van der Waals surface area contributed by atoms with Gasteiger partial charge in [-0.25, -0.2) is 0 Å². The van der Waals surface area contributed by atoms with Gasteiger partial charge in [0.05, 0.1) is 6.42 Å². The van der Waals surface area contributed by atoms with E-state index in [-0.39, 0.29) is 24.3 Å². The average Bonchev–Trinajstić information content (AvgIpc) is 2.36. The van der Waals surface area contributed by atoms with Crippen LogP contribution in [-0.2, 0) is 9.59 Å². The highest BCUT2D eigenvalue weighted by Crippen LogP contribution is 2.21. The smallest absolute Gasteiger partial charge is 0.304 e. The molecule has 1 aliphatic rings. The van der Waals surface area contributed by atoms with Crippen molar-refractivity contribution in [2.75, 3.05) is 19.6 Å². The number of nitrogens with one attached hydrogen (secondary N) is 1. The predicted molar refractivity (Wildman–Crippen MR) is 78.5 cm³/mol. The van der Waals surface area contributed by atoms with E-state index in [0.29, 0.717) is 12.5 Å². The van der Waals surface area contributed by atoms with Crippen LogP contribution in [0.1, 0.15) is 46.5 Å². The summed E-state index contributed by atoms with van der Waals surface area (Å²) >= 11 is 0. The van der Waals surface area contributed by atoms with E-state index in [2.05, 4.69) is 17.1 Å². The molecule has 20 heavy (non-hydrogen) atoms. The number of amides is 1. The molecule has 1 fully saturated rings. The van der Waals surface area contributed by atoms with E-state index in [1.165, 1.54) is 0 Å². The number of hydrogen-bond donors (Lipinski definition) is 2. The van der Waals surface area contributed by atoms with Gasteiger partial charge >= 0.3 is 5.97 Å². The number of rotatable bonds is 7. The van der Waals surface area contributed by atoms with E-state index in [1.54, 1.807) is 0 Å². The Labute approximate surface area is 121 Å². The number of aliphatic carboxylic acids is 1. The predicted octanol–water partition coefficient (Wildman–Crippen LogP) is 1.72. The molecule has 2 N–H and O–H groups in total. The highest BCUT2D eigenvalue weighted by molar-refractivity contribution is 5.78. The zero-order chi connectivity index (χ0) is 15.1. The van der Waals surface area contributed by atoms with Crippen LogP contribution >= 0.6 is 0 Å². The molecular weight excluding hydrogens is 256 g/mol. The van der Waals surface area contributed by atoms with Crippen LogP contribution in [0.15, 0.2) is 0 Å². The molecule has 0 radical (unpaired) electrons. The van der Waals surface area contributed by atoms with Crippen molar-refractivity contribution in [3.63, 3.8) is 0 Å². The van der Waals surface area contributed by atoms with Crippen molar-refractivity contribution in [1.29, 1.82) is 0 Å². The molecule has 116 valence electrons. The molecule has 0 aliphatic carbocycles. The molecule has 1 saturated heterocycles. The second kappa shape index (κ2) is 8.25. The third-order valence-corrected chi connectivity index (χ3v) is 3.82. The van der Waals surface area contributed by atoms with Crippen molar-refractivity contribution >= 4 is 11.9 Å². The lowest BCUT2D eigenvalue weighted by Gasteiger charge is -2.38. The van der Waals surface area contributed by atoms with Crippen molar-refractivity contribution < 1.29 is 14.7 Å². The van der Waals surface area contributed by atoms with Crippen LogP contribution in [0.3, 0.4) is 0 Å². The fourth-order valence-electron chi connectivity index (χ4n) is 2.83. The molecule has 0 aromatic carbocycles. The number of carboxylic acids is 1. The summed E-state index contributed by atoms with van der Waals surface area (Å²) < 4.78 is 0. The average molecular weight is 284 g/mol. The molecule has 0 saturated carbocycles. The first-order valence-corrected chi connectivity index (χ1v) is 7.66. The molecule has 1 rings (SSSR count). The Kier molecular flexibility index (Phi) is 6.99. The lowest BCUT2D eigenvalue weighted by atomic mass is 9.90. The lowest BCUT2D eigenvalue weighted by Crippen LogP contribution is -2.51. The summed E-state index contributed by atoms with van der Waals surface area (Å²) in [5, 5.41) is 11.9. The molecule has 1 heterocycles. The number of piperidine rings is 1. The molecule has 1 aliphatic heterocycles. The van der Waals surface area contributed by atoms with Gasteiger partial charge in [0.1, 0.15) is 0 Å². The standard InChI is InChI=1S/C15H28N2O3/c1-4-5-12-8-13(16-15(20)11(2)3)10-17(9-12)7-6-14(18)19/h11-13H,4-10H2,1-3H3,(H,16,20)(H,18,19). The van der Waals surface area contributed by atoms with Gasteiger partial charge in [0, 0.05) is 31.6 Å². The molecule has 2 atom stereocenters. The first-order valence-electron chi connectivity index (χ1n) is 7.66. The van der Waals surface area contributed by atoms with Crippen molar-refractivity contribution in [3.8, 4) is 0 Å². The summed E-state index contributed by atoms with van der Waals surface area (Å²) in [7, 11) is 0. The number of carbonyl (C=O) groups is 2. The number of carboxylic acid groups (broad SMARTS) is 1. The number of nitrogens with zero attached hydrogens (tertiary/aromatic N) is 1. The summed E-state index contributed by atoms with van der Waals surface area (Å²) in [4.78, 5) is 24.7. The van der Waals surface area contributed by atoms with Gasteiger partial charge in [-0.15, -0.1) is 0 Å². The summed E-state index contributed by atoms with van der Waals surface area (Å²) in [6, 6.07) is 0.156. The largest absolute Gasteiger partial charge is 0.481 e. The molecule has 0 aromatic rings. The highest BCUT2D eigenvalue weighted by atomic mass is 16.4. The van der Waals surface area contributed by atoms with Crippen molar-refractivity contribution in [3.05, 3.63) is 0 Å². The van der Waals surface area contributed by atoms with Crippen molar-refractivity contribution in [2.24, 2.45) is 11.8 Å². The van der Waals surface area contributed by atoms with Gasteiger partial charge in [-0.05, 0) is 18.8 Å². The number of carbonyl (C=O) groups excluding carboxylic acids is 1. The summed E-state index contributed by atoms with van der Waals surface area (Å²) in [6.45, 7) is 8.25. The van der Waals surface area contributed by atoms with Gasteiger partial charge in [0.25, 0.3) is 0 Å². The maximum atomic E-state index is 11.8. The van der Waals surface area contributed by atoms with Crippen LogP contribution in [0.2, 0.25) is 0 Å². The van der Waals surface area contributed by atoms with E-state index >= 15 is 0 Å². The first kappa shape index (κ1) is 17.0. The zero-order valence-electron chi connectivity index (χ0n) is 12.9. The van der Waals surface area contributed by atoms with E-state index in [0.717, 1.165) is 32.4 Å². The number of likely N-dealkylation sites (tertiary alicyclic amines) is 1. The van der Waals surface area contributed by atoms with E-state index in [9.17, 15) is 9.59 Å². The summed E-state index contributed by atoms with van der Waals surface area (Å²) in [6.07, 6.45) is 3.44. The Morgan fingerprint density at radius 1 is 1.35 bits per heavy atom. The Bertz CT molecular complexity index is 331. The Hall–Kier alpha value is -1.10. The molecule has 0 bridgehead atoms. The molecule has 1 amide bonds. The van der Waals surface area contributed by atoms with E-state index in [4.69, 9.17) is 5.11 Å². The fraction of sp³-hybridized carbons (Fsp3) is 0.867. The van der Waals surface area contributed by atoms with Crippen LogP contribution in [0.4, 0.5) is 0 Å². The van der Waals surface area contributed by atoms with Gasteiger partial charge in [-0.1, -0.05) is 27.2 Å². The van der Waals surface area contributed by atoms with Gasteiger partial charge in [-0.3, -0.25) is 9.59 Å². The third kappa shape index (κ3) is 5.90. The molecule has 0 aromatic heterocycles. The van der Waals surface area contributed by atoms with Crippen LogP contribution in [0.5, 0.6) is 0 Å². The molecule has 0 spiro atoms. The van der Waals surface area contributed by atoms with E-state index in [1.807, 2.05) is 13.8 Å². The monoisotopic (exact) mass is 284 g/mol. The first-order chi connectivity index (χ1) is 9.42. The normalized spacial score (nSPS) is 23.8. The zero-order valence-corrected chi connectivity index (χ0v) is 12.9. The summed E-state index contributed by atoms with van der Waals surface area (Å²) in [5.41, 5.74) is 0. The van der Waals surface area contributed by atoms with Crippen molar-refractivity contribution in [2.45, 2.75) is 52.5 Å².